The molecule has 1 saturated carbocycles. The van der Waals surface area contributed by atoms with Crippen molar-refractivity contribution in [1.29, 1.82) is 0 Å². The van der Waals surface area contributed by atoms with Gasteiger partial charge in [0.2, 0.25) is 18.6 Å². The van der Waals surface area contributed by atoms with Crippen LogP contribution in [0.4, 0.5) is 11.4 Å². The van der Waals surface area contributed by atoms with Crippen molar-refractivity contribution in [2.75, 3.05) is 23.2 Å². The Morgan fingerprint density at radius 1 is 0.897 bits per heavy atom. The van der Waals surface area contributed by atoms with Crippen molar-refractivity contribution in [1.82, 2.24) is 0 Å². The van der Waals surface area contributed by atoms with Gasteiger partial charge in [0, 0.05) is 28.3 Å². The lowest BCUT2D eigenvalue weighted by Crippen LogP contribution is -2.24. The summed E-state index contributed by atoms with van der Waals surface area (Å²) in [4.78, 5) is 25.5. The van der Waals surface area contributed by atoms with E-state index >= 15 is 0 Å². The highest BCUT2D eigenvalue weighted by molar-refractivity contribution is 8.00. The van der Waals surface area contributed by atoms with Crippen LogP contribution in [0.1, 0.15) is 32.1 Å². The number of thioether (sulfide) groups is 1. The minimum atomic E-state index is -0.0939. The van der Waals surface area contributed by atoms with Crippen molar-refractivity contribution in [3.8, 4) is 11.5 Å². The molecule has 1 heterocycles. The first-order chi connectivity index (χ1) is 14.2. The molecule has 0 radical (unpaired) electrons. The zero-order valence-electron chi connectivity index (χ0n) is 16.1. The van der Waals surface area contributed by atoms with Gasteiger partial charge in [-0.05, 0) is 49.2 Å². The average Bonchev–Trinajstić information content (AvgIpc) is 3.22. The maximum absolute atomic E-state index is 12.3. The van der Waals surface area contributed by atoms with Crippen LogP contribution in [0, 0.1) is 5.92 Å². The molecule has 2 aromatic carbocycles. The number of hydrogen-bond acceptors (Lipinski definition) is 5. The number of nitrogens with one attached hydrogen (secondary N) is 2. The quantitative estimate of drug-likeness (QED) is 0.675. The van der Waals surface area contributed by atoms with E-state index < -0.39 is 0 Å². The highest BCUT2D eigenvalue weighted by Crippen LogP contribution is 2.34. The Labute approximate surface area is 174 Å². The summed E-state index contributed by atoms with van der Waals surface area (Å²) in [5.74, 6) is 1.78. The third kappa shape index (κ3) is 5.23. The molecule has 2 aliphatic rings. The second-order valence-electron chi connectivity index (χ2n) is 7.25. The minimum Gasteiger partial charge on any atom is -0.454 e. The van der Waals surface area contributed by atoms with Gasteiger partial charge in [0.25, 0.3) is 0 Å². The summed E-state index contributed by atoms with van der Waals surface area (Å²) in [6.07, 6.45) is 5.48. The number of hydrogen-bond donors (Lipinski definition) is 2. The van der Waals surface area contributed by atoms with Gasteiger partial charge in [-0.25, -0.2) is 0 Å². The molecule has 0 bridgehead atoms. The molecular formula is C22H24N2O4S. The predicted octanol–water partition coefficient (Wildman–Crippen LogP) is 4.66. The van der Waals surface area contributed by atoms with Crippen molar-refractivity contribution in [3.05, 3.63) is 42.5 Å². The van der Waals surface area contributed by atoms with Crippen molar-refractivity contribution >= 4 is 35.0 Å². The van der Waals surface area contributed by atoms with Gasteiger partial charge < -0.3 is 20.1 Å². The number of fused-ring (bicyclic) bond motifs is 1. The molecule has 4 rings (SSSR count). The number of amides is 2. The van der Waals surface area contributed by atoms with Crippen LogP contribution < -0.4 is 20.1 Å². The third-order valence-corrected chi connectivity index (χ3v) is 6.14. The molecule has 1 fully saturated rings. The topological polar surface area (TPSA) is 76.7 Å². The molecule has 29 heavy (non-hydrogen) atoms. The van der Waals surface area contributed by atoms with E-state index in [1.807, 2.05) is 24.3 Å². The van der Waals surface area contributed by atoms with Crippen LogP contribution in [-0.4, -0.2) is 24.4 Å². The fraction of sp³-hybridized carbons (Fsp3) is 0.364. The number of benzene rings is 2. The highest BCUT2D eigenvalue weighted by atomic mass is 32.2. The number of carbonyl (C=O) groups excluding carboxylic acids is 2. The molecule has 152 valence electrons. The molecule has 1 aliphatic heterocycles. The van der Waals surface area contributed by atoms with Crippen molar-refractivity contribution in [3.63, 3.8) is 0 Å². The molecule has 7 heteroatoms. The smallest absolute Gasteiger partial charge is 0.234 e. The average molecular weight is 413 g/mol. The van der Waals surface area contributed by atoms with Crippen molar-refractivity contribution in [2.24, 2.45) is 5.92 Å². The standard InChI is InChI=1S/C22H24N2O4S/c25-21(23-17-8-11-19-20(12-17)28-14-27-19)13-29-18-9-6-16(7-10-18)24-22(26)15-4-2-1-3-5-15/h6-12,15H,1-5,13-14H2,(H,23,25)(H,24,26). The predicted molar refractivity (Wildman–Crippen MR) is 114 cm³/mol. The second kappa shape index (κ2) is 9.22. The van der Waals surface area contributed by atoms with E-state index in [0.717, 1.165) is 36.3 Å². The number of carbonyl (C=O) groups is 2. The third-order valence-electron chi connectivity index (χ3n) is 5.12. The first kappa shape index (κ1) is 19.6. The lowest BCUT2D eigenvalue weighted by molar-refractivity contribution is -0.120. The fourth-order valence-electron chi connectivity index (χ4n) is 3.56. The lowest BCUT2D eigenvalue weighted by Gasteiger charge is -2.20. The van der Waals surface area contributed by atoms with E-state index in [1.54, 1.807) is 18.2 Å². The van der Waals surface area contributed by atoms with Gasteiger partial charge in [-0.2, -0.15) is 0 Å². The molecule has 0 spiro atoms. The van der Waals surface area contributed by atoms with E-state index in [4.69, 9.17) is 9.47 Å². The van der Waals surface area contributed by atoms with Crippen LogP contribution in [0.3, 0.4) is 0 Å². The maximum atomic E-state index is 12.3. The van der Waals surface area contributed by atoms with Gasteiger partial charge >= 0.3 is 0 Å². The Kier molecular flexibility index (Phi) is 6.24. The molecule has 1 aliphatic carbocycles. The monoisotopic (exact) mass is 412 g/mol. The van der Waals surface area contributed by atoms with Crippen molar-refractivity contribution in [2.45, 2.75) is 37.0 Å². The first-order valence-corrected chi connectivity index (χ1v) is 10.9. The number of anilines is 2. The molecule has 2 amide bonds. The first-order valence-electron chi connectivity index (χ1n) is 9.90. The zero-order valence-corrected chi connectivity index (χ0v) is 16.9. The normalized spacial score (nSPS) is 15.7. The van der Waals surface area contributed by atoms with E-state index in [2.05, 4.69) is 10.6 Å². The summed E-state index contributed by atoms with van der Waals surface area (Å²) in [5, 5.41) is 5.87. The Morgan fingerprint density at radius 2 is 1.62 bits per heavy atom. The van der Waals surface area contributed by atoms with Gasteiger partial charge in [-0.1, -0.05) is 19.3 Å². The van der Waals surface area contributed by atoms with E-state index in [-0.39, 0.29) is 24.5 Å². The summed E-state index contributed by atoms with van der Waals surface area (Å²) in [6, 6.07) is 13.0. The van der Waals surface area contributed by atoms with E-state index in [9.17, 15) is 9.59 Å². The Hall–Kier alpha value is -2.67. The Balaban J connectivity index is 1.24. The molecule has 2 N–H and O–H groups in total. The molecule has 0 saturated heterocycles. The Bertz CT molecular complexity index is 879. The van der Waals surface area contributed by atoms with Crippen LogP contribution in [0.2, 0.25) is 0 Å². The SMILES string of the molecule is O=C(CSc1ccc(NC(=O)C2CCCCC2)cc1)Nc1ccc2c(c1)OCO2. The summed E-state index contributed by atoms with van der Waals surface area (Å²) in [5.41, 5.74) is 1.48. The zero-order chi connectivity index (χ0) is 20.1. The molecule has 0 unspecified atom stereocenters. The maximum Gasteiger partial charge on any atom is 0.234 e. The molecule has 0 atom stereocenters. The summed E-state index contributed by atoms with van der Waals surface area (Å²) in [6.45, 7) is 0.208. The number of rotatable bonds is 6. The molecule has 0 aromatic heterocycles. The Morgan fingerprint density at radius 3 is 2.41 bits per heavy atom. The van der Waals surface area contributed by atoms with Gasteiger partial charge in [0.05, 0.1) is 5.75 Å². The summed E-state index contributed by atoms with van der Waals surface area (Å²) < 4.78 is 10.6. The van der Waals surface area contributed by atoms with Gasteiger partial charge in [0.15, 0.2) is 11.5 Å². The fourth-order valence-corrected chi connectivity index (χ4v) is 4.26. The van der Waals surface area contributed by atoms with Crippen LogP contribution in [0.15, 0.2) is 47.4 Å². The summed E-state index contributed by atoms with van der Waals surface area (Å²) in [7, 11) is 0. The van der Waals surface area contributed by atoms with Gasteiger partial charge in [0.1, 0.15) is 0 Å². The largest absolute Gasteiger partial charge is 0.454 e. The van der Waals surface area contributed by atoms with Gasteiger partial charge in [-0.15, -0.1) is 11.8 Å². The number of ether oxygens (including phenoxy) is 2. The van der Waals surface area contributed by atoms with Crippen LogP contribution in [-0.2, 0) is 9.59 Å². The van der Waals surface area contributed by atoms with Crippen LogP contribution >= 0.6 is 11.8 Å². The van der Waals surface area contributed by atoms with Crippen LogP contribution in [0.25, 0.3) is 0 Å². The van der Waals surface area contributed by atoms with Gasteiger partial charge in [-0.3, -0.25) is 9.59 Å². The minimum absolute atomic E-state index is 0.0939. The lowest BCUT2D eigenvalue weighted by atomic mass is 9.88. The van der Waals surface area contributed by atoms with E-state index in [1.165, 1.54) is 18.2 Å². The van der Waals surface area contributed by atoms with Crippen LogP contribution in [0.5, 0.6) is 11.5 Å². The van der Waals surface area contributed by atoms with E-state index in [0.29, 0.717) is 22.9 Å². The molecular weight excluding hydrogens is 388 g/mol. The molecule has 2 aromatic rings. The van der Waals surface area contributed by atoms with Crippen molar-refractivity contribution < 1.29 is 19.1 Å². The molecule has 6 nitrogen and oxygen atoms in total. The highest BCUT2D eigenvalue weighted by Gasteiger charge is 2.21. The summed E-state index contributed by atoms with van der Waals surface area (Å²) >= 11 is 1.45. The second-order valence-corrected chi connectivity index (χ2v) is 8.30.